The van der Waals surface area contributed by atoms with E-state index in [1.54, 1.807) is 24.3 Å². The average Bonchev–Trinajstić information content (AvgIpc) is 3.04. The largest absolute Gasteiger partial charge is 0.485 e. The topological polar surface area (TPSA) is 149 Å². The van der Waals surface area contributed by atoms with Gasteiger partial charge in [0.25, 0.3) is 0 Å². The van der Waals surface area contributed by atoms with E-state index in [0.717, 1.165) is 5.56 Å². The van der Waals surface area contributed by atoms with Gasteiger partial charge in [0.2, 0.25) is 11.9 Å². The summed E-state index contributed by atoms with van der Waals surface area (Å²) in [4.78, 5) is 0. The molecule has 206 valence electrons. The molecule has 9 atom stereocenters. The first-order valence-corrected chi connectivity index (χ1v) is 13.1. The van der Waals surface area contributed by atoms with E-state index in [4.69, 9.17) is 14.2 Å². The molecule has 9 heteroatoms. The van der Waals surface area contributed by atoms with Crippen molar-refractivity contribution in [2.24, 2.45) is 17.8 Å². The summed E-state index contributed by atoms with van der Waals surface area (Å²) in [6, 6.07) is 7.31. The molecule has 1 saturated carbocycles. The van der Waals surface area contributed by atoms with Crippen LogP contribution in [0, 0.1) is 17.8 Å². The van der Waals surface area contributed by atoms with Gasteiger partial charge >= 0.3 is 0 Å². The van der Waals surface area contributed by atoms with Crippen molar-refractivity contribution in [2.45, 2.75) is 74.3 Å². The monoisotopic (exact) mass is 520 g/mol. The Morgan fingerprint density at radius 3 is 2.57 bits per heavy atom. The van der Waals surface area contributed by atoms with E-state index in [1.807, 2.05) is 12.1 Å². The number of allylic oxidation sites excluding steroid dienone is 2. The SMILES string of the molecule is C=CCc1ccc(O[C@H]2O[C@H]([C@@H](O)CCCO)[C@]3(O)CC[C@@H]4[C@@H](CO)[C@@H](CCO)C=CO[C@]24[C@H]3O)cc1. The molecule has 0 aromatic heterocycles. The Morgan fingerprint density at radius 1 is 1.16 bits per heavy atom. The summed E-state index contributed by atoms with van der Waals surface area (Å²) in [5.74, 6) is -0.656. The van der Waals surface area contributed by atoms with Gasteiger partial charge in [-0.05, 0) is 74.1 Å². The van der Waals surface area contributed by atoms with E-state index in [9.17, 15) is 30.6 Å². The molecule has 0 radical (unpaired) electrons. The molecule has 2 aliphatic heterocycles. The van der Waals surface area contributed by atoms with Crippen molar-refractivity contribution in [3.05, 3.63) is 54.8 Å². The lowest BCUT2D eigenvalue weighted by atomic mass is 9.57. The number of hydrogen-bond donors (Lipinski definition) is 6. The average molecular weight is 521 g/mol. The molecule has 4 rings (SSSR count). The van der Waals surface area contributed by atoms with Gasteiger partial charge in [0.1, 0.15) is 23.6 Å². The molecular formula is C28H40O9. The summed E-state index contributed by atoms with van der Waals surface area (Å²) >= 11 is 0. The van der Waals surface area contributed by atoms with Crippen LogP contribution in [0.4, 0.5) is 0 Å². The second-order valence-corrected chi connectivity index (χ2v) is 10.4. The van der Waals surface area contributed by atoms with Crippen molar-refractivity contribution in [3.63, 3.8) is 0 Å². The first kappa shape index (κ1) is 28.0. The van der Waals surface area contributed by atoms with Gasteiger partial charge in [0.05, 0.1) is 12.4 Å². The predicted molar refractivity (Wildman–Crippen MR) is 134 cm³/mol. The highest BCUT2D eigenvalue weighted by Crippen LogP contribution is 2.56. The van der Waals surface area contributed by atoms with Crippen molar-refractivity contribution < 1.29 is 44.8 Å². The summed E-state index contributed by atoms with van der Waals surface area (Å²) in [6.07, 6.45) is 1.91. The number of rotatable bonds is 11. The molecule has 1 aromatic carbocycles. The fourth-order valence-corrected chi connectivity index (χ4v) is 6.47. The molecule has 1 aliphatic carbocycles. The van der Waals surface area contributed by atoms with Gasteiger partial charge in [-0.1, -0.05) is 18.2 Å². The van der Waals surface area contributed by atoms with Crippen LogP contribution in [-0.2, 0) is 15.9 Å². The van der Waals surface area contributed by atoms with E-state index < -0.39 is 47.6 Å². The highest BCUT2D eigenvalue weighted by molar-refractivity contribution is 5.30. The molecule has 2 fully saturated rings. The fourth-order valence-electron chi connectivity index (χ4n) is 6.47. The maximum absolute atomic E-state index is 11.8. The van der Waals surface area contributed by atoms with Crippen molar-refractivity contribution >= 4 is 0 Å². The molecule has 0 amide bonds. The van der Waals surface area contributed by atoms with Gasteiger partial charge in [-0.2, -0.15) is 0 Å². The van der Waals surface area contributed by atoms with Crippen LogP contribution in [0.15, 0.2) is 49.3 Å². The molecule has 0 unspecified atom stereocenters. The van der Waals surface area contributed by atoms with Gasteiger partial charge < -0.3 is 44.8 Å². The minimum atomic E-state index is -1.84. The minimum absolute atomic E-state index is 0.0790. The number of aliphatic hydroxyl groups is 6. The number of benzene rings is 1. The van der Waals surface area contributed by atoms with E-state index in [1.165, 1.54) is 6.26 Å². The fraction of sp³-hybridized carbons (Fsp3) is 0.643. The summed E-state index contributed by atoms with van der Waals surface area (Å²) in [5.41, 5.74) is -2.40. The predicted octanol–water partition coefficient (Wildman–Crippen LogP) is 1.04. The van der Waals surface area contributed by atoms with Crippen molar-refractivity contribution in [1.29, 1.82) is 0 Å². The Labute approximate surface area is 217 Å². The second kappa shape index (κ2) is 11.8. The quantitative estimate of drug-likeness (QED) is 0.235. The number of fused-ring (bicyclic) bond motifs is 1. The third-order valence-corrected chi connectivity index (χ3v) is 8.36. The highest BCUT2D eigenvalue weighted by atomic mass is 16.7. The lowest BCUT2D eigenvalue weighted by Crippen LogP contribution is -2.80. The van der Waals surface area contributed by atoms with Gasteiger partial charge in [-0.25, -0.2) is 0 Å². The number of aliphatic hydroxyl groups excluding tert-OH is 5. The van der Waals surface area contributed by atoms with Gasteiger partial charge in [-0.3, -0.25) is 0 Å². The maximum Gasteiger partial charge on any atom is 0.243 e. The van der Waals surface area contributed by atoms with Gasteiger partial charge in [-0.15, -0.1) is 6.58 Å². The molecule has 9 nitrogen and oxygen atoms in total. The Kier molecular flexibility index (Phi) is 8.96. The summed E-state index contributed by atoms with van der Waals surface area (Å²) < 4.78 is 18.8. The molecule has 1 aromatic rings. The molecule has 1 spiro atoms. The summed E-state index contributed by atoms with van der Waals surface area (Å²) in [5, 5.41) is 63.8. The molecule has 6 N–H and O–H groups in total. The summed E-state index contributed by atoms with van der Waals surface area (Å²) in [6.45, 7) is 3.32. The van der Waals surface area contributed by atoms with Crippen LogP contribution >= 0.6 is 0 Å². The number of ether oxygens (including phenoxy) is 3. The van der Waals surface area contributed by atoms with Crippen LogP contribution in [0.5, 0.6) is 5.75 Å². The zero-order valence-corrected chi connectivity index (χ0v) is 21.1. The smallest absolute Gasteiger partial charge is 0.243 e. The Bertz CT molecular complexity index is 921. The first-order valence-electron chi connectivity index (χ1n) is 13.1. The van der Waals surface area contributed by atoms with Crippen molar-refractivity contribution in [1.82, 2.24) is 0 Å². The molecule has 2 bridgehead atoms. The van der Waals surface area contributed by atoms with Crippen LogP contribution in [0.25, 0.3) is 0 Å². The molecule has 1 saturated heterocycles. The normalized spacial score (nSPS) is 37.7. The molecular weight excluding hydrogens is 480 g/mol. The standard InChI is InChI=1S/C28H40O9/c1-2-4-18-6-8-20(9-7-18)36-26-28-22(21(17-31)19(11-15-30)12-16-35-28)10-13-27(34,25(28)33)24(37-26)23(32)5-3-14-29/h2,6-9,12,16,19,21-26,29-34H,1,3-5,10-11,13-15,17H2/t19-,21-,22+,23-,24+,25-,26-,27+,28+/m0/s1. The highest BCUT2D eigenvalue weighted by Gasteiger charge is 2.73. The maximum atomic E-state index is 11.8. The Balaban J connectivity index is 1.75. The van der Waals surface area contributed by atoms with Gasteiger partial charge in [0.15, 0.2) is 0 Å². The van der Waals surface area contributed by atoms with Gasteiger partial charge in [0, 0.05) is 25.7 Å². The summed E-state index contributed by atoms with van der Waals surface area (Å²) in [7, 11) is 0. The minimum Gasteiger partial charge on any atom is -0.485 e. The Hall–Kier alpha value is -1.98. The van der Waals surface area contributed by atoms with E-state index in [-0.39, 0.29) is 38.6 Å². The Morgan fingerprint density at radius 2 is 1.92 bits per heavy atom. The van der Waals surface area contributed by atoms with Crippen LogP contribution in [0.2, 0.25) is 0 Å². The zero-order chi connectivity index (χ0) is 26.6. The van der Waals surface area contributed by atoms with Crippen LogP contribution in [-0.4, -0.2) is 86.3 Å². The molecule has 3 aliphatic rings. The third-order valence-electron chi connectivity index (χ3n) is 8.36. The first-order chi connectivity index (χ1) is 17.8. The zero-order valence-electron chi connectivity index (χ0n) is 21.1. The van der Waals surface area contributed by atoms with E-state index in [2.05, 4.69) is 6.58 Å². The third kappa shape index (κ3) is 5.06. The molecule has 37 heavy (non-hydrogen) atoms. The van der Waals surface area contributed by atoms with E-state index >= 15 is 0 Å². The van der Waals surface area contributed by atoms with Crippen LogP contribution in [0.1, 0.15) is 37.7 Å². The second-order valence-electron chi connectivity index (χ2n) is 10.4. The lowest BCUT2D eigenvalue weighted by Gasteiger charge is -2.62. The van der Waals surface area contributed by atoms with Crippen LogP contribution < -0.4 is 4.74 Å². The van der Waals surface area contributed by atoms with Crippen LogP contribution in [0.3, 0.4) is 0 Å². The van der Waals surface area contributed by atoms with Crippen molar-refractivity contribution in [2.75, 3.05) is 19.8 Å². The van der Waals surface area contributed by atoms with E-state index in [0.29, 0.717) is 31.4 Å². The van der Waals surface area contributed by atoms with Crippen molar-refractivity contribution in [3.8, 4) is 5.75 Å². The molecule has 2 heterocycles. The number of hydrogen-bond acceptors (Lipinski definition) is 9. The lowest BCUT2D eigenvalue weighted by molar-refractivity contribution is -0.390.